The minimum absolute atomic E-state index is 0.0819. The molecule has 0 spiro atoms. The molecular formula is C84H115N19O26. The number of phenols is 2. The molecule has 0 saturated carbocycles. The summed E-state index contributed by atoms with van der Waals surface area (Å²) < 4.78 is 0. The highest BCUT2D eigenvalue weighted by atomic mass is 16.4. The third-order valence-electron chi connectivity index (χ3n) is 20.2. The van der Waals surface area contributed by atoms with Gasteiger partial charge in [-0.05, 0) is 110 Å². The number of carbonyl (C=O) groups excluding carboxylic acids is 15. The molecule has 702 valence electrons. The van der Waals surface area contributed by atoms with Crippen LogP contribution in [-0.2, 0) is 117 Å². The Bertz CT molecular complexity index is 4600. The van der Waals surface area contributed by atoms with Crippen LogP contribution in [0.3, 0.4) is 0 Å². The van der Waals surface area contributed by atoms with Crippen molar-refractivity contribution >= 4 is 118 Å². The first-order chi connectivity index (χ1) is 60.9. The Morgan fingerprint density at radius 3 is 1.32 bits per heavy atom. The van der Waals surface area contributed by atoms with Crippen molar-refractivity contribution in [3.63, 3.8) is 0 Å². The largest absolute Gasteiger partial charge is 0.508 e. The molecule has 1 aliphatic heterocycles. The fourth-order valence-electron chi connectivity index (χ4n) is 13.4. The van der Waals surface area contributed by atoms with Gasteiger partial charge in [0.05, 0.1) is 32.0 Å². The predicted octanol–water partition coefficient (Wildman–Crippen LogP) is -5.24. The zero-order valence-electron chi connectivity index (χ0n) is 71.6. The van der Waals surface area contributed by atoms with Gasteiger partial charge >= 0.3 is 23.9 Å². The van der Waals surface area contributed by atoms with E-state index in [-0.39, 0.29) is 68.2 Å². The predicted molar refractivity (Wildman–Crippen MR) is 456 cm³/mol. The summed E-state index contributed by atoms with van der Waals surface area (Å²) in [5, 5.41) is 111. The molecule has 28 N–H and O–H groups in total. The molecule has 1 fully saturated rings. The molecule has 1 aliphatic rings. The number of nitrogens with one attached hydrogen (secondary N) is 15. The Balaban J connectivity index is 1.28. The van der Waals surface area contributed by atoms with Crippen molar-refractivity contribution in [2.24, 2.45) is 29.0 Å². The summed E-state index contributed by atoms with van der Waals surface area (Å²) in [4.78, 5) is 260. The number of aliphatic hydroxyl groups is 1. The molecule has 15 amide bonds. The van der Waals surface area contributed by atoms with E-state index in [1.807, 2.05) is 0 Å². The second kappa shape index (κ2) is 52.5. The van der Waals surface area contributed by atoms with Crippen molar-refractivity contribution in [2.45, 2.75) is 216 Å². The topological polar surface area (TPSA) is 740 Å². The summed E-state index contributed by atoms with van der Waals surface area (Å²) in [5.74, 6) is -24.5. The summed E-state index contributed by atoms with van der Waals surface area (Å²) in [7, 11) is 0. The fraction of sp³-hybridized carbons (Fsp3) is 0.476. The Hall–Kier alpha value is -14.4. The molecule has 129 heavy (non-hydrogen) atoms. The quantitative estimate of drug-likeness (QED) is 0.0112. The third kappa shape index (κ3) is 37.0. The normalized spacial score (nSPS) is 15.2. The highest BCUT2D eigenvalue weighted by Crippen LogP contribution is 2.22. The van der Waals surface area contributed by atoms with Gasteiger partial charge in [-0.15, -0.1) is 0 Å². The molecule has 1 heterocycles. The van der Waals surface area contributed by atoms with Crippen LogP contribution in [0.4, 0.5) is 0 Å². The van der Waals surface area contributed by atoms with Crippen molar-refractivity contribution in [1.29, 1.82) is 5.41 Å². The number of amides is 15. The van der Waals surface area contributed by atoms with E-state index in [9.17, 15) is 127 Å². The first kappa shape index (κ1) is 105. The Labute approximate surface area is 740 Å². The van der Waals surface area contributed by atoms with Crippen molar-refractivity contribution in [2.75, 3.05) is 26.2 Å². The van der Waals surface area contributed by atoms with Gasteiger partial charge in [-0.1, -0.05) is 113 Å². The molecule has 0 radical (unpaired) electrons. The van der Waals surface area contributed by atoms with E-state index in [0.29, 0.717) is 29.5 Å². The maximum absolute atomic E-state index is 14.6. The number of hydrogen-bond acceptors (Lipinski definition) is 24. The van der Waals surface area contributed by atoms with Crippen LogP contribution in [0.25, 0.3) is 0 Å². The van der Waals surface area contributed by atoms with E-state index in [0.717, 1.165) is 6.92 Å². The summed E-state index contributed by atoms with van der Waals surface area (Å²) in [6.45, 7) is 5.38. The number of phenolic OH excluding ortho intramolecular Hbond substituents is 2. The van der Waals surface area contributed by atoms with Gasteiger partial charge in [0.2, 0.25) is 88.6 Å². The number of primary amides is 1. The van der Waals surface area contributed by atoms with E-state index >= 15 is 0 Å². The van der Waals surface area contributed by atoms with Gasteiger partial charge in [0.25, 0.3) is 0 Å². The van der Waals surface area contributed by atoms with Gasteiger partial charge in [0.1, 0.15) is 90.0 Å². The molecule has 0 aromatic heterocycles. The van der Waals surface area contributed by atoms with Crippen molar-refractivity contribution in [3.8, 4) is 11.5 Å². The smallest absolute Gasteiger partial charge is 0.326 e. The van der Waals surface area contributed by atoms with Crippen LogP contribution in [0.15, 0.2) is 109 Å². The van der Waals surface area contributed by atoms with E-state index in [2.05, 4.69) is 74.4 Å². The lowest BCUT2D eigenvalue weighted by atomic mass is 9.99. The number of aliphatic carboxylic acids is 4. The molecule has 45 heteroatoms. The zero-order chi connectivity index (χ0) is 95.9. The Kier molecular flexibility index (Phi) is 42.8. The number of carboxylic acids is 4. The number of carbonyl (C=O) groups is 19. The van der Waals surface area contributed by atoms with Crippen molar-refractivity contribution in [3.05, 3.63) is 131 Å². The molecular weight excluding hydrogens is 1690 g/mol. The highest BCUT2D eigenvalue weighted by Gasteiger charge is 2.42. The summed E-state index contributed by atoms with van der Waals surface area (Å²) >= 11 is 0. The highest BCUT2D eigenvalue weighted by molar-refractivity contribution is 6.01. The van der Waals surface area contributed by atoms with Crippen LogP contribution >= 0.6 is 0 Å². The number of nitrogens with zero attached hydrogens (tertiary/aromatic N) is 1. The molecule has 4 aromatic rings. The summed E-state index contributed by atoms with van der Waals surface area (Å²) in [6, 6.07) is 3.66. The Morgan fingerprint density at radius 1 is 0.434 bits per heavy atom. The second-order valence-electron chi connectivity index (χ2n) is 31.5. The van der Waals surface area contributed by atoms with Crippen LogP contribution in [0, 0.1) is 17.2 Å². The Morgan fingerprint density at radius 2 is 0.845 bits per heavy atom. The number of rotatable bonds is 54. The standard InChI is InChI=1S/C84H115N19O26/c1-43(2)34-55(94-75(120)57(36-48-20-24-50(105)25-21-48)96-78(123)60(40-68(113)114)98-80(125)63-19-13-33-103(63)82(127)52(85)18-12-32-89-84(87)88)74(119)97-59(39-67(111)112)77(122)95-56(35-46-14-8-6-9-15-46)73(118)91-45(5)70(115)101-62(42-104)79(124)93-53(29-31-66(109)110)71(116)90-41-65(108)92-54(28-30-64(86)107)72(117)102-69(44(3)4)81(126)99-58(37-49-22-26-51(106)27-23-49)76(121)100-61(83(128)129)38-47-16-10-7-11-17-47/h6-11,14-17,20-27,43-45,52-63,69,104-106H,12-13,18-19,28-42,85H2,1-5H3,(H2,86,107)(H,90,116)(H,91,118)(H,92,108)(H,93,124)(H,94,120)(H,95,122)(H,96,123)(H,97,119)(H,98,125)(H,99,126)(H,100,121)(H,101,115)(H,102,117)(H,109,110)(H,111,112)(H,113,114)(H,128,129)(H4,87,88,89)/t45-,52-,53-,54-,55-,56-,57-,58-,59-,60-,61-,62-,63-,69-/m0/s1. The lowest BCUT2D eigenvalue weighted by Crippen LogP contribution is -2.61. The number of nitrogens with two attached hydrogens (primary N) is 3. The number of guanidine groups is 1. The van der Waals surface area contributed by atoms with E-state index in [1.54, 1.807) is 62.4 Å². The first-order valence-electron chi connectivity index (χ1n) is 41.4. The number of aromatic hydroxyl groups is 2. The minimum atomic E-state index is -2.07. The van der Waals surface area contributed by atoms with Crippen LogP contribution in [0.5, 0.6) is 11.5 Å². The van der Waals surface area contributed by atoms with E-state index in [4.69, 9.17) is 22.6 Å². The monoisotopic (exact) mass is 1810 g/mol. The molecule has 45 nitrogen and oxygen atoms in total. The van der Waals surface area contributed by atoms with Crippen LogP contribution in [0.1, 0.15) is 128 Å². The lowest BCUT2D eigenvalue weighted by Gasteiger charge is -2.29. The minimum Gasteiger partial charge on any atom is -0.508 e. The van der Waals surface area contributed by atoms with E-state index in [1.165, 1.54) is 79.4 Å². The second-order valence-corrected chi connectivity index (χ2v) is 31.5. The average molecular weight is 1810 g/mol. The van der Waals surface area contributed by atoms with Gasteiger partial charge in [0.15, 0.2) is 5.96 Å². The van der Waals surface area contributed by atoms with E-state index < -0.39 is 273 Å². The fourth-order valence-corrected chi connectivity index (χ4v) is 13.4. The van der Waals surface area contributed by atoms with Gasteiger partial charge in [-0.3, -0.25) is 91.7 Å². The molecule has 0 aliphatic carbocycles. The first-order valence-corrected chi connectivity index (χ1v) is 41.4. The van der Waals surface area contributed by atoms with Crippen LogP contribution in [0.2, 0.25) is 0 Å². The van der Waals surface area contributed by atoms with Crippen LogP contribution in [-0.4, -0.2) is 270 Å². The zero-order valence-corrected chi connectivity index (χ0v) is 71.6. The molecule has 4 aromatic carbocycles. The summed E-state index contributed by atoms with van der Waals surface area (Å²) in [6.07, 6.45) is -5.40. The van der Waals surface area contributed by atoms with Crippen molar-refractivity contribution < 1.29 is 127 Å². The van der Waals surface area contributed by atoms with Gasteiger partial charge < -0.3 is 132 Å². The molecule has 5 rings (SSSR count). The van der Waals surface area contributed by atoms with Crippen molar-refractivity contribution in [1.82, 2.24) is 79.3 Å². The third-order valence-corrected chi connectivity index (χ3v) is 20.2. The molecule has 0 unspecified atom stereocenters. The molecule has 0 bridgehead atoms. The number of carboxylic acid groups (broad SMARTS) is 4. The van der Waals surface area contributed by atoms with Gasteiger partial charge in [-0.25, -0.2) is 4.79 Å². The number of benzene rings is 4. The number of hydrogen-bond donors (Lipinski definition) is 25. The summed E-state index contributed by atoms with van der Waals surface area (Å²) in [5.41, 5.74) is 18.5. The van der Waals surface area contributed by atoms with Gasteiger partial charge in [-0.2, -0.15) is 0 Å². The lowest BCUT2D eigenvalue weighted by molar-refractivity contribution is -0.143. The van der Waals surface area contributed by atoms with Gasteiger partial charge in [0, 0.05) is 51.6 Å². The molecule has 1 saturated heterocycles. The maximum atomic E-state index is 14.6. The van der Waals surface area contributed by atoms with Crippen LogP contribution < -0.4 is 91.6 Å². The molecule has 14 atom stereocenters. The maximum Gasteiger partial charge on any atom is 0.326 e. The number of likely N-dealkylation sites (tertiary alicyclic amines) is 1. The SMILES string of the molecule is CC(C)C[C@H](NC(=O)[C@H](Cc1ccc(O)cc1)NC(=O)[C@H](CC(=O)O)NC(=O)[C@@H]1CCCN1C(=O)[C@@H](N)CCCNC(=N)N)C(=O)N[C@@H](CC(=O)O)C(=O)N[C@@H](Cc1ccccc1)C(=O)N[C@@H](C)C(=O)N[C@@H](CO)C(=O)N[C@@H](CCC(=O)O)C(=O)NCC(=O)N[C@@H](CCC(N)=O)C(=O)N[C@H](C(=O)N[C@@H](Cc1ccc(O)cc1)C(=O)N[C@@H](Cc1ccccc1)C(=O)O)C(C)C. The average Bonchev–Trinajstić information content (AvgIpc) is 1.75. The number of aliphatic hydroxyl groups excluding tert-OH is 1.